The van der Waals surface area contributed by atoms with Crippen LogP contribution in [-0.2, 0) is 13.1 Å². The lowest BCUT2D eigenvalue weighted by molar-refractivity contribution is 0.415. The number of hydrogen-bond donors (Lipinski definition) is 1. The van der Waals surface area contributed by atoms with E-state index in [2.05, 4.69) is 58.5 Å². The predicted molar refractivity (Wildman–Crippen MR) is 109 cm³/mol. The molecular formula is C22H20N2OS. The van der Waals surface area contributed by atoms with Crippen molar-refractivity contribution >= 4 is 22.2 Å². The van der Waals surface area contributed by atoms with Gasteiger partial charge in [-0.1, -0.05) is 30.3 Å². The first-order valence-electron chi connectivity index (χ1n) is 8.58. The van der Waals surface area contributed by atoms with E-state index in [9.17, 15) is 0 Å². The molecule has 0 aliphatic rings. The van der Waals surface area contributed by atoms with Crippen molar-refractivity contribution in [1.29, 1.82) is 0 Å². The number of aromatic nitrogens is 1. The third kappa shape index (κ3) is 3.62. The number of ether oxygens (including phenoxy) is 1. The highest BCUT2D eigenvalue weighted by Crippen LogP contribution is 2.29. The first-order valence-corrected chi connectivity index (χ1v) is 9.52. The molecule has 2 aromatic heterocycles. The number of rotatable bonds is 6. The summed E-state index contributed by atoms with van der Waals surface area (Å²) < 4.78 is 5.35. The minimum Gasteiger partial charge on any atom is -0.497 e. The molecule has 0 unspecified atom stereocenters. The SMILES string of the molecule is COc1ccc2cc(CNCc3ccccc3)c(-c3ccsc3)nc2c1. The molecule has 0 fully saturated rings. The molecule has 26 heavy (non-hydrogen) atoms. The fourth-order valence-electron chi connectivity index (χ4n) is 3.04. The second kappa shape index (κ2) is 7.68. The van der Waals surface area contributed by atoms with Gasteiger partial charge in [0.1, 0.15) is 5.75 Å². The lowest BCUT2D eigenvalue weighted by Crippen LogP contribution is -2.13. The van der Waals surface area contributed by atoms with Gasteiger partial charge in [0, 0.05) is 35.5 Å². The highest BCUT2D eigenvalue weighted by atomic mass is 32.1. The molecule has 0 spiro atoms. The molecule has 2 aromatic carbocycles. The molecule has 4 rings (SSSR count). The van der Waals surface area contributed by atoms with Gasteiger partial charge in [0.2, 0.25) is 0 Å². The van der Waals surface area contributed by atoms with Crippen LogP contribution < -0.4 is 10.1 Å². The molecule has 4 aromatic rings. The average Bonchev–Trinajstić information content (AvgIpc) is 3.22. The number of thiophene rings is 1. The van der Waals surface area contributed by atoms with Gasteiger partial charge in [-0.15, -0.1) is 0 Å². The maximum absolute atomic E-state index is 5.35. The third-order valence-electron chi connectivity index (χ3n) is 4.39. The number of nitrogens with one attached hydrogen (secondary N) is 1. The van der Waals surface area contributed by atoms with Gasteiger partial charge in [-0.3, -0.25) is 0 Å². The number of benzene rings is 2. The fraction of sp³-hybridized carbons (Fsp3) is 0.136. The summed E-state index contributed by atoms with van der Waals surface area (Å²) in [5, 5.41) is 8.91. The van der Waals surface area contributed by atoms with Crippen molar-refractivity contribution in [3.05, 3.63) is 82.6 Å². The van der Waals surface area contributed by atoms with E-state index in [0.29, 0.717) is 0 Å². The Morgan fingerprint density at radius 1 is 1.00 bits per heavy atom. The highest BCUT2D eigenvalue weighted by Gasteiger charge is 2.10. The molecule has 0 saturated carbocycles. The van der Waals surface area contributed by atoms with Crippen molar-refractivity contribution in [3.8, 4) is 17.0 Å². The van der Waals surface area contributed by atoms with Crippen LogP contribution in [0.3, 0.4) is 0 Å². The standard InChI is InChI=1S/C22H20N2OS/c1-25-20-8-7-17-11-19(14-23-13-16-5-3-2-4-6-16)22(24-21(17)12-20)18-9-10-26-15-18/h2-12,15,23H,13-14H2,1H3. The zero-order valence-corrected chi connectivity index (χ0v) is 15.4. The number of pyridine rings is 1. The highest BCUT2D eigenvalue weighted by molar-refractivity contribution is 7.08. The maximum atomic E-state index is 5.35. The number of methoxy groups -OCH3 is 1. The van der Waals surface area contributed by atoms with Crippen LogP contribution in [0.15, 0.2) is 71.4 Å². The summed E-state index contributed by atoms with van der Waals surface area (Å²) in [5.41, 5.74) is 5.64. The Balaban J connectivity index is 1.66. The van der Waals surface area contributed by atoms with E-state index >= 15 is 0 Å². The average molecular weight is 360 g/mol. The third-order valence-corrected chi connectivity index (χ3v) is 5.07. The molecular weight excluding hydrogens is 340 g/mol. The molecule has 1 N–H and O–H groups in total. The Kier molecular flexibility index (Phi) is 4.95. The second-order valence-electron chi connectivity index (χ2n) is 6.16. The lowest BCUT2D eigenvalue weighted by Gasteiger charge is -2.12. The van der Waals surface area contributed by atoms with E-state index in [1.807, 2.05) is 18.2 Å². The van der Waals surface area contributed by atoms with Gasteiger partial charge in [0.05, 0.1) is 18.3 Å². The molecule has 130 valence electrons. The van der Waals surface area contributed by atoms with Crippen LogP contribution in [0.2, 0.25) is 0 Å². The Morgan fingerprint density at radius 3 is 2.65 bits per heavy atom. The summed E-state index contributed by atoms with van der Waals surface area (Å²) in [6, 6.07) is 20.8. The Morgan fingerprint density at radius 2 is 1.88 bits per heavy atom. The maximum Gasteiger partial charge on any atom is 0.121 e. The van der Waals surface area contributed by atoms with Crippen molar-refractivity contribution in [2.24, 2.45) is 0 Å². The zero-order valence-electron chi connectivity index (χ0n) is 14.6. The van der Waals surface area contributed by atoms with Gasteiger partial charge in [-0.25, -0.2) is 4.98 Å². The molecule has 0 aliphatic carbocycles. The topological polar surface area (TPSA) is 34.1 Å². The van der Waals surface area contributed by atoms with Crippen molar-refractivity contribution in [2.45, 2.75) is 13.1 Å². The molecule has 4 heteroatoms. The second-order valence-corrected chi connectivity index (χ2v) is 6.94. The predicted octanol–water partition coefficient (Wildman–Crippen LogP) is 5.26. The van der Waals surface area contributed by atoms with Gasteiger partial charge in [0.15, 0.2) is 0 Å². The molecule has 3 nitrogen and oxygen atoms in total. The molecule has 0 atom stereocenters. The monoisotopic (exact) mass is 360 g/mol. The summed E-state index contributed by atoms with van der Waals surface area (Å²) in [4.78, 5) is 4.94. The lowest BCUT2D eigenvalue weighted by atomic mass is 10.0. The van der Waals surface area contributed by atoms with E-state index < -0.39 is 0 Å². The Labute approximate surface area is 157 Å². The summed E-state index contributed by atoms with van der Waals surface area (Å²) in [6.07, 6.45) is 0. The van der Waals surface area contributed by atoms with E-state index in [4.69, 9.17) is 9.72 Å². The quantitative estimate of drug-likeness (QED) is 0.509. The fourth-order valence-corrected chi connectivity index (χ4v) is 3.68. The Hall–Kier alpha value is -2.69. The minimum atomic E-state index is 0.773. The normalized spacial score (nSPS) is 11.0. The van der Waals surface area contributed by atoms with Crippen molar-refractivity contribution in [2.75, 3.05) is 7.11 Å². The van der Waals surface area contributed by atoms with Gasteiger partial charge in [-0.05, 0) is 40.8 Å². The first kappa shape index (κ1) is 16.8. The van der Waals surface area contributed by atoms with Crippen molar-refractivity contribution in [3.63, 3.8) is 0 Å². The van der Waals surface area contributed by atoms with Crippen LogP contribution >= 0.6 is 11.3 Å². The molecule has 0 aliphatic heterocycles. The van der Waals surface area contributed by atoms with E-state index in [1.165, 1.54) is 11.1 Å². The summed E-state index contributed by atoms with van der Waals surface area (Å²) in [5.74, 6) is 0.830. The largest absolute Gasteiger partial charge is 0.497 e. The van der Waals surface area contributed by atoms with Crippen LogP contribution in [-0.4, -0.2) is 12.1 Å². The zero-order chi connectivity index (χ0) is 17.8. The van der Waals surface area contributed by atoms with Crippen LogP contribution in [0.4, 0.5) is 0 Å². The van der Waals surface area contributed by atoms with Crippen LogP contribution in [0, 0.1) is 0 Å². The Bertz CT molecular complexity index is 998. The number of nitrogens with zero attached hydrogens (tertiary/aromatic N) is 1. The van der Waals surface area contributed by atoms with Gasteiger partial charge in [-0.2, -0.15) is 11.3 Å². The number of hydrogen-bond acceptors (Lipinski definition) is 4. The van der Waals surface area contributed by atoms with Gasteiger partial charge in [0.25, 0.3) is 0 Å². The molecule has 0 amide bonds. The molecule has 0 saturated heterocycles. The minimum absolute atomic E-state index is 0.773. The number of fused-ring (bicyclic) bond motifs is 1. The molecule has 2 heterocycles. The van der Waals surface area contributed by atoms with E-state index in [-0.39, 0.29) is 0 Å². The molecule has 0 bridgehead atoms. The first-order chi connectivity index (χ1) is 12.8. The van der Waals surface area contributed by atoms with Crippen LogP contribution in [0.5, 0.6) is 5.75 Å². The summed E-state index contributed by atoms with van der Waals surface area (Å²) >= 11 is 1.69. The van der Waals surface area contributed by atoms with Crippen molar-refractivity contribution in [1.82, 2.24) is 10.3 Å². The van der Waals surface area contributed by atoms with Gasteiger partial charge >= 0.3 is 0 Å². The van der Waals surface area contributed by atoms with Gasteiger partial charge < -0.3 is 10.1 Å². The van der Waals surface area contributed by atoms with Crippen molar-refractivity contribution < 1.29 is 4.74 Å². The summed E-state index contributed by atoms with van der Waals surface area (Å²) in [6.45, 7) is 1.61. The smallest absolute Gasteiger partial charge is 0.121 e. The van der Waals surface area contributed by atoms with E-state index in [0.717, 1.165) is 41.0 Å². The molecule has 0 radical (unpaired) electrons. The van der Waals surface area contributed by atoms with E-state index in [1.54, 1.807) is 18.4 Å². The summed E-state index contributed by atoms with van der Waals surface area (Å²) in [7, 11) is 1.68. The van der Waals surface area contributed by atoms with Crippen LogP contribution in [0.25, 0.3) is 22.2 Å². The van der Waals surface area contributed by atoms with Crippen LogP contribution in [0.1, 0.15) is 11.1 Å².